The highest BCUT2D eigenvalue weighted by Gasteiger charge is 2.05. The van der Waals surface area contributed by atoms with Crippen LogP contribution in [0.25, 0.3) is 0 Å². The number of allylic oxidation sites excluding steroid dienone is 1. The average Bonchev–Trinajstić information content (AvgIpc) is 1.98. The van der Waals surface area contributed by atoms with Crippen molar-refractivity contribution < 1.29 is 0 Å². The third-order valence-electron chi connectivity index (χ3n) is 1.53. The number of nitrogens with zero attached hydrogens (tertiary/aromatic N) is 1. The zero-order valence-electron chi connectivity index (χ0n) is 8.44. The van der Waals surface area contributed by atoms with E-state index in [1.807, 2.05) is 14.0 Å². The second kappa shape index (κ2) is 4.75. The largest absolute Gasteiger partial charge is 0.374 e. The monoisotopic (exact) mass is 166 g/mol. The van der Waals surface area contributed by atoms with E-state index in [-0.39, 0.29) is 0 Å². The summed E-state index contributed by atoms with van der Waals surface area (Å²) in [7, 11) is 1.81. The Morgan fingerprint density at radius 1 is 1.33 bits per heavy atom. The van der Waals surface area contributed by atoms with Crippen molar-refractivity contribution in [1.82, 2.24) is 5.32 Å². The lowest BCUT2D eigenvalue weighted by molar-refractivity contribution is 0.867. The molecule has 2 nitrogen and oxygen atoms in total. The molecule has 0 bridgehead atoms. The van der Waals surface area contributed by atoms with Gasteiger partial charge in [0.25, 0.3) is 0 Å². The van der Waals surface area contributed by atoms with Crippen molar-refractivity contribution in [3.05, 3.63) is 24.6 Å². The van der Waals surface area contributed by atoms with Gasteiger partial charge in [-0.3, -0.25) is 0 Å². The molecule has 0 aliphatic heterocycles. The molecule has 0 aromatic heterocycles. The second-order valence-electron chi connectivity index (χ2n) is 3.13. The summed E-state index contributed by atoms with van der Waals surface area (Å²) in [6, 6.07) is 0. The normalized spacial score (nSPS) is 11.6. The molecule has 1 N–H and O–H groups in total. The Morgan fingerprint density at radius 3 is 2.08 bits per heavy atom. The average molecular weight is 166 g/mol. The summed E-state index contributed by atoms with van der Waals surface area (Å²) in [5, 5.41) is 2.88. The molecule has 0 saturated heterocycles. The van der Waals surface area contributed by atoms with Gasteiger partial charge in [-0.1, -0.05) is 27.0 Å². The molecule has 2 heteroatoms. The minimum Gasteiger partial charge on any atom is -0.374 e. The molecule has 0 radical (unpaired) electrons. The van der Waals surface area contributed by atoms with Gasteiger partial charge in [0.05, 0.1) is 0 Å². The smallest absolute Gasteiger partial charge is 0.118 e. The molecule has 0 atom stereocenters. The SMILES string of the molecule is C=C(/N=C(\C(=C)C)C(C)C)NC. The van der Waals surface area contributed by atoms with Crippen molar-refractivity contribution in [3.8, 4) is 0 Å². The zero-order chi connectivity index (χ0) is 9.72. The summed E-state index contributed by atoms with van der Waals surface area (Å²) in [6.45, 7) is 13.7. The number of hydrogen-bond donors (Lipinski definition) is 1. The minimum atomic E-state index is 0.396. The Kier molecular flexibility index (Phi) is 4.34. The molecule has 12 heavy (non-hydrogen) atoms. The molecular formula is C10H18N2. The Morgan fingerprint density at radius 2 is 1.83 bits per heavy atom. The lowest BCUT2D eigenvalue weighted by atomic mass is 10.0. The van der Waals surface area contributed by atoms with Crippen molar-refractivity contribution in [2.24, 2.45) is 10.9 Å². The van der Waals surface area contributed by atoms with Crippen LogP contribution in [0, 0.1) is 5.92 Å². The van der Waals surface area contributed by atoms with Crippen molar-refractivity contribution in [1.29, 1.82) is 0 Å². The van der Waals surface area contributed by atoms with E-state index in [1.165, 1.54) is 0 Å². The highest BCUT2D eigenvalue weighted by Crippen LogP contribution is 2.07. The van der Waals surface area contributed by atoms with Crippen LogP contribution in [0.3, 0.4) is 0 Å². The first kappa shape index (κ1) is 11.0. The van der Waals surface area contributed by atoms with E-state index in [4.69, 9.17) is 0 Å². The molecule has 0 heterocycles. The summed E-state index contributed by atoms with van der Waals surface area (Å²) in [5.41, 5.74) is 2.01. The zero-order valence-corrected chi connectivity index (χ0v) is 8.44. The molecule has 0 spiro atoms. The van der Waals surface area contributed by atoms with Crippen molar-refractivity contribution in [2.45, 2.75) is 20.8 Å². The van der Waals surface area contributed by atoms with Crippen LogP contribution in [0.15, 0.2) is 29.5 Å². The first-order valence-corrected chi connectivity index (χ1v) is 4.10. The Hall–Kier alpha value is -1.05. The first-order chi connectivity index (χ1) is 5.49. The van der Waals surface area contributed by atoms with Gasteiger partial charge in [0.1, 0.15) is 5.82 Å². The van der Waals surface area contributed by atoms with Gasteiger partial charge in [-0.25, -0.2) is 4.99 Å². The minimum absolute atomic E-state index is 0.396. The fourth-order valence-electron chi connectivity index (χ4n) is 0.919. The van der Waals surface area contributed by atoms with E-state index in [1.54, 1.807) is 0 Å². The molecule has 68 valence electrons. The molecule has 0 fully saturated rings. The molecule has 0 amide bonds. The maximum absolute atomic E-state index is 4.31. The molecular weight excluding hydrogens is 148 g/mol. The van der Waals surface area contributed by atoms with Crippen LogP contribution >= 0.6 is 0 Å². The maximum atomic E-state index is 4.31. The van der Waals surface area contributed by atoms with Gasteiger partial charge >= 0.3 is 0 Å². The Balaban J connectivity index is 4.61. The van der Waals surface area contributed by atoms with E-state index < -0.39 is 0 Å². The van der Waals surface area contributed by atoms with Gasteiger partial charge in [0, 0.05) is 12.8 Å². The third kappa shape index (κ3) is 3.37. The van der Waals surface area contributed by atoms with Gasteiger partial charge in [0.2, 0.25) is 0 Å². The predicted octanol–water partition coefficient (Wildman–Crippen LogP) is 2.35. The summed E-state index contributed by atoms with van der Waals surface area (Å²) >= 11 is 0. The fourth-order valence-corrected chi connectivity index (χ4v) is 0.919. The van der Waals surface area contributed by atoms with Gasteiger partial charge in [-0.05, 0) is 18.4 Å². The van der Waals surface area contributed by atoms with Crippen LogP contribution in [-0.2, 0) is 0 Å². The standard InChI is InChI=1S/C10H18N2/c1-7(2)10(8(3)4)12-9(5)11-6/h8,11H,1,5H2,2-4,6H3/b12-10+. The van der Waals surface area contributed by atoms with Crippen molar-refractivity contribution in [2.75, 3.05) is 7.05 Å². The summed E-state index contributed by atoms with van der Waals surface area (Å²) in [6.07, 6.45) is 0. The van der Waals surface area contributed by atoms with E-state index in [2.05, 4.69) is 37.3 Å². The van der Waals surface area contributed by atoms with Crippen LogP contribution < -0.4 is 5.32 Å². The molecule has 0 rings (SSSR count). The highest BCUT2D eigenvalue weighted by molar-refractivity contribution is 6.00. The number of hydrogen-bond acceptors (Lipinski definition) is 2. The third-order valence-corrected chi connectivity index (χ3v) is 1.53. The van der Waals surface area contributed by atoms with Crippen LogP contribution in [-0.4, -0.2) is 12.8 Å². The van der Waals surface area contributed by atoms with Gasteiger partial charge in [0.15, 0.2) is 0 Å². The second-order valence-corrected chi connectivity index (χ2v) is 3.13. The fraction of sp³-hybridized carbons (Fsp3) is 0.500. The number of nitrogens with one attached hydrogen (secondary N) is 1. The molecule has 0 unspecified atom stereocenters. The summed E-state index contributed by atoms with van der Waals surface area (Å²) in [5.74, 6) is 1.08. The van der Waals surface area contributed by atoms with Gasteiger partial charge in [-0.2, -0.15) is 0 Å². The predicted molar refractivity (Wildman–Crippen MR) is 55.3 cm³/mol. The number of aliphatic imine (C=N–C) groups is 1. The van der Waals surface area contributed by atoms with E-state index in [0.717, 1.165) is 11.3 Å². The molecule has 0 aliphatic carbocycles. The summed E-state index contributed by atoms with van der Waals surface area (Å²) in [4.78, 5) is 4.31. The summed E-state index contributed by atoms with van der Waals surface area (Å²) < 4.78 is 0. The van der Waals surface area contributed by atoms with Crippen molar-refractivity contribution >= 4 is 5.71 Å². The molecule has 0 aliphatic rings. The van der Waals surface area contributed by atoms with Crippen LogP contribution in [0.1, 0.15) is 20.8 Å². The van der Waals surface area contributed by atoms with E-state index in [0.29, 0.717) is 11.7 Å². The highest BCUT2D eigenvalue weighted by atomic mass is 15.0. The topological polar surface area (TPSA) is 24.4 Å². The number of rotatable bonds is 4. The lowest BCUT2D eigenvalue weighted by Crippen LogP contribution is -2.12. The Bertz CT molecular complexity index is 212. The van der Waals surface area contributed by atoms with E-state index in [9.17, 15) is 0 Å². The first-order valence-electron chi connectivity index (χ1n) is 4.10. The lowest BCUT2D eigenvalue weighted by Gasteiger charge is -2.10. The van der Waals surface area contributed by atoms with E-state index >= 15 is 0 Å². The van der Waals surface area contributed by atoms with Gasteiger partial charge in [-0.15, -0.1) is 0 Å². The van der Waals surface area contributed by atoms with Crippen LogP contribution in [0.2, 0.25) is 0 Å². The maximum Gasteiger partial charge on any atom is 0.118 e. The van der Waals surface area contributed by atoms with Crippen LogP contribution in [0.5, 0.6) is 0 Å². The van der Waals surface area contributed by atoms with Crippen LogP contribution in [0.4, 0.5) is 0 Å². The molecule has 0 aromatic rings. The van der Waals surface area contributed by atoms with Crippen molar-refractivity contribution in [3.63, 3.8) is 0 Å². The molecule has 0 saturated carbocycles. The Labute approximate surface area is 75.1 Å². The quantitative estimate of drug-likeness (QED) is 0.637. The van der Waals surface area contributed by atoms with Gasteiger partial charge < -0.3 is 5.32 Å². The molecule has 0 aromatic carbocycles.